The molecule has 0 saturated heterocycles. The molecular weight excluding hydrogens is 552 g/mol. The van der Waals surface area contributed by atoms with E-state index in [2.05, 4.69) is 96.3 Å². The lowest BCUT2D eigenvalue weighted by Gasteiger charge is -2.43. The monoisotopic (exact) mass is 588 g/mol. The Morgan fingerprint density at radius 1 is 0.837 bits per heavy atom. The lowest BCUT2D eigenvalue weighted by molar-refractivity contribution is -0.122. The number of nitrogens with zero attached hydrogens (tertiary/aromatic N) is 3. The Bertz CT molecular complexity index is 1790. The van der Waals surface area contributed by atoms with Gasteiger partial charge in [-0.2, -0.15) is 0 Å². The van der Waals surface area contributed by atoms with Gasteiger partial charge in [-0.1, -0.05) is 81.4 Å². The molecule has 0 aliphatic carbocycles. The second-order valence-electron chi connectivity index (χ2n) is 12.1. The van der Waals surface area contributed by atoms with Crippen molar-refractivity contribution in [2.45, 2.75) is 38.8 Å². The molecule has 4 heterocycles. The van der Waals surface area contributed by atoms with Crippen molar-refractivity contribution in [3.8, 4) is 0 Å². The van der Waals surface area contributed by atoms with Gasteiger partial charge >= 0.3 is 0 Å². The number of imide groups is 1. The summed E-state index contributed by atoms with van der Waals surface area (Å²) in [6.07, 6.45) is 8.19. The van der Waals surface area contributed by atoms with Crippen LogP contribution in [0.4, 0.5) is 0 Å². The first-order valence-corrected chi connectivity index (χ1v) is 16.5. The molecule has 1 aliphatic rings. The molecule has 1 aliphatic heterocycles. The van der Waals surface area contributed by atoms with Crippen LogP contribution in [0.2, 0.25) is 5.04 Å². The fraction of sp³-hybridized carbons (Fsp3) is 0.229. The standard InChI is InChI=1S/C35H36N4O3Si/c1-35(2,3)43(26-13-7-5-8-14-26,27-15-9-6-10-16-27)42-22-12-20-39-24-29(28-17-11-19-36-32(28)39)31-30(33(40)37-34(31)41)25-18-21-38(4)23-25/h5-11,13-19,21,23-24H,12,20,22H2,1-4H3,(H,37,40,41). The summed E-state index contributed by atoms with van der Waals surface area (Å²) in [5.41, 5.74) is 2.97. The minimum atomic E-state index is -2.64. The molecule has 2 amide bonds. The van der Waals surface area contributed by atoms with Gasteiger partial charge in [-0.25, -0.2) is 4.98 Å². The molecule has 43 heavy (non-hydrogen) atoms. The Balaban J connectivity index is 1.33. The van der Waals surface area contributed by atoms with E-state index in [0.29, 0.717) is 35.4 Å². The van der Waals surface area contributed by atoms with Gasteiger partial charge in [-0.15, -0.1) is 0 Å². The molecule has 0 unspecified atom stereocenters. The molecule has 3 aromatic heterocycles. The van der Waals surface area contributed by atoms with E-state index < -0.39 is 8.32 Å². The molecule has 0 radical (unpaired) electrons. The summed E-state index contributed by atoms with van der Waals surface area (Å²) in [5, 5.41) is 5.74. The van der Waals surface area contributed by atoms with Crippen LogP contribution in [0.25, 0.3) is 22.2 Å². The van der Waals surface area contributed by atoms with E-state index in [-0.39, 0.29) is 16.9 Å². The fourth-order valence-corrected chi connectivity index (χ4v) is 11.0. The van der Waals surface area contributed by atoms with Crippen molar-refractivity contribution < 1.29 is 14.0 Å². The van der Waals surface area contributed by atoms with Gasteiger partial charge in [0.2, 0.25) is 0 Å². The number of hydrogen-bond acceptors (Lipinski definition) is 4. The zero-order valence-corrected chi connectivity index (χ0v) is 26.0. The van der Waals surface area contributed by atoms with Crippen LogP contribution in [0.3, 0.4) is 0 Å². The Kier molecular flexibility index (Phi) is 7.50. The van der Waals surface area contributed by atoms with Gasteiger partial charge in [-0.05, 0) is 40.0 Å². The quantitative estimate of drug-likeness (QED) is 0.151. The van der Waals surface area contributed by atoms with Gasteiger partial charge in [0.15, 0.2) is 0 Å². The first-order chi connectivity index (χ1) is 20.7. The second-order valence-corrected chi connectivity index (χ2v) is 16.4. The number of amides is 2. The zero-order chi connectivity index (χ0) is 30.2. The van der Waals surface area contributed by atoms with Crippen LogP contribution in [0.5, 0.6) is 0 Å². The molecule has 8 heteroatoms. The highest BCUT2D eigenvalue weighted by Gasteiger charge is 2.50. The third-order valence-corrected chi connectivity index (χ3v) is 13.3. The summed E-state index contributed by atoms with van der Waals surface area (Å²) in [5.74, 6) is -0.767. The van der Waals surface area contributed by atoms with E-state index in [1.54, 1.807) is 6.20 Å². The average Bonchev–Trinajstić information content (AvgIpc) is 3.67. The highest BCUT2D eigenvalue weighted by atomic mass is 28.4. The van der Waals surface area contributed by atoms with E-state index in [4.69, 9.17) is 4.43 Å². The van der Waals surface area contributed by atoms with Gasteiger partial charge in [0, 0.05) is 61.5 Å². The summed E-state index contributed by atoms with van der Waals surface area (Å²) in [6, 6.07) is 27.0. The highest BCUT2D eigenvalue weighted by Crippen LogP contribution is 2.38. The predicted octanol–water partition coefficient (Wildman–Crippen LogP) is 4.91. The molecular formula is C35H36N4O3Si. The Hall–Kier alpha value is -4.53. The van der Waals surface area contributed by atoms with Crippen molar-refractivity contribution in [3.63, 3.8) is 0 Å². The molecule has 0 atom stereocenters. The van der Waals surface area contributed by atoms with E-state index in [0.717, 1.165) is 17.5 Å². The number of benzene rings is 2. The van der Waals surface area contributed by atoms with Crippen molar-refractivity contribution in [2.24, 2.45) is 7.05 Å². The van der Waals surface area contributed by atoms with Gasteiger partial charge < -0.3 is 13.6 Å². The number of rotatable bonds is 9. The van der Waals surface area contributed by atoms with Crippen LogP contribution in [0.1, 0.15) is 38.3 Å². The van der Waals surface area contributed by atoms with E-state index in [1.807, 2.05) is 48.4 Å². The number of aromatic nitrogens is 3. The molecule has 0 bridgehead atoms. The van der Waals surface area contributed by atoms with E-state index >= 15 is 0 Å². The lowest BCUT2D eigenvalue weighted by atomic mass is 9.98. The van der Waals surface area contributed by atoms with Crippen LogP contribution in [0.15, 0.2) is 104 Å². The summed E-state index contributed by atoms with van der Waals surface area (Å²) in [7, 11) is -0.751. The first kappa shape index (κ1) is 28.6. The maximum Gasteiger partial charge on any atom is 0.261 e. The van der Waals surface area contributed by atoms with Gasteiger partial charge in [0.05, 0.1) is 11.1 Å². The molecule has 0 spiro atoms. The van der Waals surface area contributed by atoms with Gasteiger partial charge in [-0.3, -0.25) is 14.9 Å². The fourth-order valence-electron chi connectivity index (χ4n) is 6.35. The van der Waals surface area contributed by atoms with Crippen molar-refractivity contribution in [1.29, 1.82) is 0 Å². The maximum atomic E-state index is 13.1. The zero-order valence-electron chi connectivity index (χ0n) is 25.0. The molecule has 1 N–H and O–H groups in total. The molecule has 6 rings (SSSR count). The first-order valence-electron chi connectivity index (χ1n) is 14.6. The van der Waals surface area contributed by atoms with Crippen LogP contribution in [-0.4, -0.2) is 40.9 Å². The van der Waals surface area contributed by atoms with Crippen LogP contribution >= 0.6 is 0 Å². The Labute approximate surface area is 253 Å². The molecule has 0 fully saturated rings. The molecule has 218 valence electrons. The smallest absolute Gasteiger partial charge is 0.261 e. The maximum absolute atomic E-state index is 13.1. The number of fused-ring (bicyclic) bond motifs is 1. The van der Waals surface area contributed by atoms with Crippen LogP contribution in [0, 0.1) is 0 Å². The predicted molar refractivity (Wildman–Crippen MR) is 173 cm³/mol. The number of hydrogen-bond donors (Lipinski definition) is 1. The minimum absolute atomic E-state index is 0.104. The average molecular weight is 589 g/mol. The summed E-state index contributed by atoms with van der Waals surface area (Å²) in [6.45, 7) is 8.05. The summed E-state index contributed by atoms with van der Waals surface area (Å²) >= 11 is 0. The topological polar surface area (TPSA) is 78.2 Å². The molecule has 5 aromatic rings. The number of aryl methyl sites for hydroxylation is 2. The number of nitrogens with one attached hydrogen (secondary N) is 1. The highest BCUT2D eigenvalue weighted by molar-refractivity contribution is 6.99. The number of pyridine rings is 1. The third-order valence-electron chi connectivity index (χ3n) is 8.23. The number of carbonyl (C=O) groups excluding carboxylic acids is 2. The summed E-state index contributed by atoms with van der Waals surface area (Å²) in [4.78, 5) is 30.7. The SMILES string of the molecule is Cn1ccc(C2=C(c3cn(CCCO[Si](c4ccccc4)(c4ccccc4)C(C)(C)C)c4ncccc34)C(=O)NC2=O)c1. The van der Waals surface area contributed by atoms with Crippen LogP contribution in [-0.2, 0) is 27.6 Å². The molecule has 0 saturated carbocycles. The van der Waals surface area contributed by atoms with Gasteiger partial charge in [0.25, 0.3) is 20.1 Å². The van der Waals surface area contributed by atoms with Crippen molar-refractivity contribution in [1.82, 2.24) is 19.4 Å². The van der Waals surface area contributed by atoms with Crippen molar-refractivity contribution in [2.75, 3.05) is 6.61 Å². The third kappa shape index (κ3) is 5.06. The number of carbonyl (C=O) groups is 2. The Morgan fingerprint density at radius 3 is 2.09 bits per heavy atom. The largest absolute Gasteiger partial charge is 0.407 e. The van der Waals surface area contributed by atoms with Crippen LogP contribution < -0.4 is 15.7 Å². The minimum Gasteiger partial charge on any atom is -0.407 e. The Morgan fingerprint density at radius 2 is 1.49 bits per heavy atom. The second kappa shape index (κ2) is 11.3. The molecule has 7 nitrogen and oxygen atoms in total. The van der Waals surface area contributed by atoms with E-state index in [1.165, 1.54) is 10.4 Å². The van der Waals surface area contributed by atoms with Crippen molar-refractivity contribution in [3.05, 3.63) is 115 Å². The lowest BCUT2D eigenvalue weighted by Crippen LogP contribution is -2.66. The summed E-state index contributed by atoms with van der Waals surface area (Å²) < 4.78 is 11.0. The van der Waals surface area contributed by atoms with Gasteiger partial charge in [0.1, 0.15) is 5.65 Å². The van der Waals surface area contributed by atoms with Crippen molar-refractivity contribution >= 4 is 52.7 Å². The normalized spacial score (nSPS) is 14.1. The van der Waals surface area contributed by atoms with E-state index in [9.17, 15) is 9.59 Å². The molecule has 2 aromatic carbocycles.